The van der Waals surface area contributed by atoms with E-state index in [9.17, 15) is 0 Å². The molecule has 0 saturated carbocycles. The third kappa shape index (κ3) is 6.75. The van der Waals surface area contributed by atoms with Gasteiger partial charge in [-0.3, -0.25) is 0 Å². The van der Waals surface area contributed by atoms with Crippen molar-refractivity contribution in [3.63, 3.8) is 0 Å². The Labute approximate surface area is 93.0 Å². The molecule has 0 bridgehead atoms. The zero-order valence-corrected chi connectivity index (χ0v) is 9.92. The van der Waals surface area contributed by atoms with Crippen molar-refractivity contribution < 1.29 is 4.74 Å². The lowest BCUT2D eigenvalue weighted by molar-refractivity contribution is 0.317. The highest BCUT2D eigenvalue weighted by Gasteiger charge is 1.91. The lowest BCUT2D eigenvalue weighted by Crippen LogP contribution is -1.94. The second-order valence-electron chi connectivity index (χ2n) is 3.13. The Hall–Kier alpha value is -1.28. The van der Waals surface area contributed by atoms with Gasteiger partial charge in [0, 0.05) is 0 Å². The molecule has 0 aliphatic carbocycles. The van der Waals surface area contributed by atoms with E-state index in [-0.39, 0.29) is 0 Å². The Morgan fingerprint density at radius 1 is 1.40 bits per heavy atom. The first-order valence-corrected chi connectivity index (χ1v) is 5.22. The summed E-state index contributed by atoms with van der Waals surface area (Å²) in [5.74, 6) is 0.925. The molecule has 0 spiro atoms. The highest BCUT2D eigenvalue weighted by Crippen LogP contribution is 2.13. The van der Waals surface area contributed by atoms with E-state index in [2.05, 4.69) is 18.8 Å². The standard InChI is InChI=1S/C11H14O.C2H7N/c1-3-8-12-11-7-5-6-10(4-2)9-11;1-3-2/h4-7,9H,2-3,8H2,1H3;3H,1-2H3. The molecule has 1 aromatic rings. The average molecular weight is 207 g/mol. The summed E-state index contributed by atoms with van der Waals surface area (Å²) < 4.78 is 5.45. The van der Waals surface area contributed by atoms with Gasteiger partial charge >= 0.3 is 0 Å². The largest absolute Gasteiger partial charge is 0.494 e. The van der Waals surface area contributed by atoms with E-state index in [1.54, 1.807) is 0 Å². The van der Waals surface area contributed by atoms with Gasteiger partial charge in [-0.05, 0) is 38.2 Å². The molecule has 84 valence electrons. The molecule has 0 aromatic heterocycles. The van der Waals surface area contributed by atoms with Crippen LogP contribution in [0, 0.1) is 0 Å². The molecule has 0 radical (unpaired) electrons. The number of benzene rings is 1. The van der Waals surface area contributed by atoms with Crippen molar-refractivity contribution in [2.45, 2.75) is 13.3 Å². The van der Waals surface area contributed by atoms with Crippen LogP contribution >= 0.6 is 0 Å². The van der Waals surface area contributed by atoms with Gasteiger partial charge in [-0.15, -0.1) is 0 Å². The van der Waals surface area contributed by atoms with Gasteiger partial charge in [0.2, 0.25) is 0 Å². The minimum atomic E-state index is 0.778. The molecular formula is C13H21NO. The van der Waals surface area contributed by atoms with Crippen LogP contribution in [0.15, 0.2) is 30.8 Å². The van der Waals surface area contributed by atoms with Crippen LogP contribution in [-0.2, 0) is 0 Å². The fourth-order valence-electron chi connectivity index (χ4n) is 0.951. The molecule has 0 aliphatic heterocycles. The first kappa shape index (κ1) is 13.7. The van der Waals surface area contributed by atoms with Gasteiger partial charge in [0.05, 0.1) is 6.61 Å². The zero-order valence-electron chi connectivity index (χ0n) is 9.92. The third-order valence-corrected chi connectivity index (χ3v) is 1.57. The van der Waals surface area contributed by atoms with Gasteiger partial charge in [-0.2, -0.15) is 0 Å². The monoisotopic (exact) mass is 207 g/mol. The Morgan fingerprint density at radius 2 is 2.07 bits per heavy atom. The fraction of sp³-hybridized carbons (Fsp3) is 0.385. The van der Waals surface area contributed by atoms with Crippen LogP contribution in [0.2, 0.25) is 0 Å². The van der Waals surface area contributed by atoms with Crippen molar-refractivity contribution in [1.29, 1.82) is 0 Å². The van der Waals surface area contributed by atoms with Crippen LogP contribution in [0.25, 0.3) is 6.08 Å². The minimum absolute atomic E-state index is 0.778. The summed E-state index contributed by atoms with van der Waals surface area (Å²) in [7, 11) is 3.75. The van der Waals surface area contributed by atoms with Crippen molar-refractivity contribution >= 4 is 6.08 Å². The molecule has 0 atom stereocenters. The van der Waals surface area contributed by atoms with E-state index in [1.165, 1.54) is 0 Å². The van der Waals surface area contributed by atoms with Crippen molar-refractivity contribution in [3.05, 3.63) is 36.4 Å². The Bertz CT molecular complexity index is 271. The van der Waals surface area contributed by atoms with Crippen molar-refractivity contribution in [1.82, 2.24) is 5.32 Å². The highest BCUT2D eigenvalue weighted by molar-refractivity contribution is 5.49. The Morgan fingerprint density at radius 3 is 2.60 bits per heavy atom. The number of nitrogens with one attached hydrogen (secondary N) is 1. The molecule has 1 N–H and O–H groups in total. The topological polar surface area (TPSA) is 21.3 Å². The summed E-state index contributed by atoms with van der Waals surface area (Å²) in [5.41, 5.74) is 1.10. The molecule has 0 unspecified atom stereocenters. The molecule has 0 fully saturated rings. The summed E-state index contributed by atoms with van der Waals surface area (Å²) in [6.07, 6.45) is 2.86. The van der Waals surface area contributed by atoms with E-state index in [0.717, 1.165) is 24.3 Å². The molecule has 0 aliphatic rings. The van der Waals surface area contributed by atoms with E-state index < -0.39 is 0 Å². The number of hydrogen-bond donors (Lipinski definition) is 1. The van der Waals surface area contributed by atoms with Gasteiger partial charge in [0.15, 0.2) is 0 Å². The number of hydrogen-bond acceptors (Lipinski definition) is 2. The molecule has 0 amide bonds. The highest BCUT2D eigenvalue weighted by atomic mass is 16.5. The predicted molar refractivity (Wildman–Crippen MR) is 67.3 cm³/mol. The zero-order chi connectivity index (χ0) is 11.5. The maximum Gasteiger partial charge on any atom is 0.119 e. The Kier molecular flexibility index (Phi) is 8.49. The smallest absolute Gasteiger partial charge is 0.119 e. The molecule has 2 nitrogen and oxygen atoms in total. The van der Waals surface area contributed by atoms with Crippen molar-refractivity contribution in [2.75, 3.05) is 20.7 Å². The van der Waals surface area contributed by atoms with Crippen LogP contribution in [-0.4, -0.2) is 20.7 Å². The van der Waals surface area contributed by atoms with Crippen molar-refractivity contribution in [3.8, 4) is 5.75 Å². The van der Waals surface area contributed by atoms with Gasteiger partial charge in [-0.1, -0.05) is 31.7 Å². The molecule has 1 aromatic carbocycles. The van der Waals surface area contributed by atoms with Gasteiger partial charge < -0.3 is 10.1 Å². The van der Waals surface area contributed by atoms with Crippen LogP contribution in [0.5, 0.6) is 5.75 Å². The Balaban J connectivity index is 0.000000583. The summed E-state index contributed by atoms with van der Waals surface area (Å²) in [6, 6.07) is 7.93. The van der Waals surface area contributed by atoms with Crippen LogP contribution < -0.4 is 10.1 Å². The quantitative estimate of drug-likeness (QED) is 0.819. The fourth-order valence-corrected chi connectivity index (χ4v) is 0.951. The number of rotatable bonds is 4. The molecular weight excluding hydrogens is 186 g/mol. The molecule has 15 heavy (non-hydrogen) atoms. The normalized spacial score (nSPS) is 8.73. The van der Waals surface area contributed by atoms with E-state index >= 15 is 0 Å². The van der Waals surface area contributed by atoms with E-state index in [0.29, 0.717) is 0 Å². The minimum Gasteiger partial charge on any atom is -0.494 e. The third-order valence-electron chi connectivity index (χ3n) is 1.57. The lowest BCUT2D eigenvalue weighted by Gasteiger charge is -2.04. The maximum absolute atomic E-state index is 5.45. The SMILES string of the molecule is C=Cc1cccc(OCCC)c1.CNC. The number of ether oxygens (including phenoxy) is 1. The molecule has 0 saturated heterocycles. The summed E-state index contributed by atoms with van der Waals surface area (Å²) in [4.78, 5) is 0. The van der Waals surface area contributed by atoms with Crippen molar-refractivity contribution in [2.24, 2.45) is 0 Å². The van der Waals surface area contributed by atoms with Crippen LogP contribution in [0.4, 0.5) is 0 Å². The second kappa shape index (κ2) is 9.28. The van der Waals surface area contributed by atoms with Gasteiger partial charge in [-0.25, -0.2) is 0 Å². The van der Waals surface area contributed by atoms with Crippen LogP contribution in [0.1, 0.15) is 18.9 Å². The van der Waals surface area contributed by atoms with Gasteiger partial charge in [0.25, 0.3) is 0 Å². The maximum atomic E-state index is 5.45. The first-order valence-electron chi connectivity index (χ1n) is 5.22. The first-order chi connectivity index (χ1) is 7.28. The second-order valence-corrected chi connectivity index (χ2v) is 3.13. The predicted octanol–water partition coefficient (Wildman–Crippen LogP) is 2.95. The summed E-state index contributed by atoms with van der Waals surface area (Å²) in [5, 5.41) is 2.75. The lowest BCUT2D eigenvalue weighted by atomic mass is 10.2. The average Bonchev–Trinajstić information content (AvgIpc) is 2.28. The summed E-state index contributed by atoms with van der Waals surface area (Å²) in [6.45, 7) is 6.57. The van der Waals surface area contributed by atoms with Crippen LogP contribution in [0.3, 0.4) is 0 Å². The van der Waals surface area contributed by atoms with Gasteiger partial charge in [0.1, 0.15) is 5.75 Å². The summed E-state index contributed by atoms with van der Waals surface area (Å²) >= 11 is 0. The molecule has 2 heteroatoms. The van der Waals surface area contributed by atoms with E-state index in [4.69, 9.17) is 4.74 Å². The molecule has 0 heterocycles. The molecule has 1 rings (SSSR count). The van der Waals surface area contributed by atoms with E-state index in [1.807, 2.05) is 44.4 Å².